The van der Waals surface area contributed by atoms with Crippen molar-refractivity contribution in [3.05, 3.63) is 16.6 Å². The molecule has 1 saturated carbocycles. The predicted molar refractivity (Wildman–Crippen MR) is 106 cm³/mol. The zero-order chi connectivity index (χ0) is 14.8. The third kappa shape index (κ3) is 4.63. The van der Waals surface area contributed by atoms with Crippen LogP contribution in [0.4, 0.5) is 0 Å². The van der Waals surface area contributed by atoms with Gasteiger partial charge in [0.2, 0.25) is 0 Å². The van der Waals surface area contributed by atoms with Crippen LogP contribution in [0, 0.1) is 11.3 Å². The Labute approximate surface area is 162 Å². The van der Waals surface area contributed by atoms with Gasteiger partial charge in [0, 0.05) is 24.2 Å². The Morgan fingerprint density at radius 1 is 1.12 bits per heavy atom. The first-order chi connectivity index (χ1) is 10.9. The molecular weight excluding hydrogens is 363 g/mol. The van der Waals surface area contributed by atoms with Crippen molar-refractivity contribution in [2.75, 3.05) is 32.7 Å². The summed E-state index contributed by atoms with van der Waals surface area (Å²) in [7, 11) is 0. The molecule has 3 aliphatic rings. The second-order valence-electron chi connectivity index (χ2n) is 7.38. The van der Waals surface area contributed by atoms with Crippen molar-refractivity contribution < 1.29 is 0 Å². The normalized spacial score (nSPS) is 26.0. The smallest absolute Gasteiger partial charge is 0.107 e. The van der Waals surface area contributed by atoms with E-state index in [4.69, 9.17) is 0 Å². The van der Waals surface area contributed by atoms with Gasteiger partial charge in [0.15, 0.2) is 0 Å². The number of hydrogen-bond acceptors (Lipinski definition) is 5. The molecule has 4 nitrogen and oxygen atoms in total. The van der Waals surface area contributed by atoms with Crippen molar-refractivity contribution in [1.29, 1.82) is 0 Å². The zero-order valence-corrected chi connectivity index (χ0v) is 16.7. The number of thiazole rings is 1. The largest absolute Gasteiger partial charge is 0.317 e. The molecule has 3 heterocycles. The van der Waals surface area contributed by atoms with E-state index in [1.165, 1.54) is 69.8 Å². The minimum Gasteiger partial charge on any atom is -0.317 e. The fourth-order valence-corrected chi connectivity index (χ4v) is 5.15. The Morgan fingerprint density at radius 2 is 1.83 bits per heavy atom. The second kappa shape index (κ2) is 9.15. The number of halogens is 2. The minimum absolute atomic E-state index is 0. The summed E-state index contributed by atoms with van der Waals surface area (Å²) in [5.74, 6) is 0.876. The van der Waals surface area contributed by atoms with Gasteiger partial charge in [-0.25, -0.2) is 4.98 Å². The minimum atomic E-state index is 0. The lowest BCUT2D eigenvalue weighted by atomic mass is 9.92. The monoisotopic (exact) mass is 392 g/mol. The average Bonchev–Trinajstić information content (AvgIpc) is 2.99. The van der Waals surface area contributed by atoms with Crippen LogP contribution in [0.5, 0.6) is 0 Å². The van der Waals surface area contributed by atoms with E-state index in [0.717, 1.165) is 18.5 Å². The van der Waals surface area contributed by atoms with Crippen LogP contribution in [0.3, 0.4) is 0 Å². The Bertz CT molecular complexity index is 473. The van der Waals surface area contributed by atoms with E-state index in [1.807, 2.05) is 17.5 Å². The molecule has 24 heavy (non-hydrogen) atoms. The van der Waals surface area contributed by atoms with E-state index in [9.17, 15) is 0 Å². The van der Waals surface area contributed by atoms with Gasteiger partial charge in [-0.3, -0.25) is 4.90 Å². The number of hydrogen-bond donors (Lipinski definition) is 2. The lowest BCUT2D eigenvalue weighted by Gasteiger charge is -2.33. The SMILES string of the molecule is Cl.Cl.c1csc(CN(CC2CCNCC2)C2CC23CCNCC3)n1. The predicted octanol–water partition coefficient (Wildman–Crippen LogP) is 2.93. The van der Waals surface area contributed by atoms with Crippen molar-refractivity contribution in [2.45, 2.75) is 44.7 Å². The Morgan fingerprint density at radius 3 is 2.50 bits per heavy atom. The summed E-state index contributed by atoms with van der Waals surface area (Å²) in [5, 5.41) is 10.4. The van der Waals surface area contributed by atoms with Crippen LogP contribution in [-0.2, 0) is 6.54 Å². The Hall–Kier alpha value is 0.0900. The molecule has 0 bridgehead atoms. The molecule has 7 heteroatoms. The summed E-state index contributed by atoms with van der Waals surface area (Å²) in [4.78, 5) is 7.34. The van der Waals surface area contributed by atoms with Crippen molar-refractivity contribution in [3.8, 4) is 0 Å². The van der Waals surface area contributed by atoms with Gasteiger partial charge in [-0.2, -0.15) is 0 Å². The van der Waals surface area contributed by atoms with Crippen LogP contribution < -0.4 is 10.6 Å². The second-order valence-corrected chi connectivity index (χ2v) is 8.36. The van der Waals surface area contributed by atoms with Gasteiger partial charge in [0.05, 0.1) is 6.54 Å². The summed E-state index contributed by atoms with van der Waals surface area (Å²) in [6.07, 6.45) is 8.81. The highest BCUT2D eigenvalue weighted by Gasteiger charge is 2.56. The number of aromatic nitrogens is 1. The molecule has 3 fully saturated rings. The molecular formula is C17H30Cl2N4S. The summed E-state index contributed by atoms with van der Waals surface area (Å²) in [6.45, 7) is 7.19. The van der Waals surface area contributed by atoms with Gasteiger partial charge in [-0.05, 0) is 69.6 Å². The molecule has 1 aliphatic carbocycles. The molecule has 4 rings (SSSR count). The van der Waals surface area contributed by atoms with Crippen LogP contribution in [-0.4, -0.2) is 48.6 Å². The van der Waals surface area contributed by atoms with Gasteiger partial charge in [-0.15, -0.1) is 36.2 Å². The number of piperidine rings is 2. The molecule has 1 atom stereocenters. The Kier molecular flexibility index (Phi) is 7.78. The maximum atomic E-state index is 4.55. The van der Waals surface area contributed by atoms with Crippen LogP contribution in [0.15, 0.2) is 11.6 Å². The quantitative estimate of drug-likeness (QED) is 0.807. The van der Waals surface area contributed by atoms with Gasteiger partial charge in [0.25, 0.3) is 0 Å². The molecule has 1 aromatic rings. The van der Waals surface area contributed by atoms with Crippen LogP contribution >= 0.6 is 36.2 Å². The lowest BCUT2D eigenvalue weighted by Crippen LogP contribution is -2.40. The molecule has 2 saturated heterocycles. The molecule has 0 aromatic carbocycles. The van der Waals surface area contributed by atoms with E-state index < -0.39 is 0 Å². The number of nitrogens with one attached hydrogen (secondary N) is 2. The summed E-state index contributed by atoms with van der Waals surface area (Å²) < 4.78 is 0. The van der Waals surface area contributed by atoms with Crippen LogP contribution in [0.2, 0.25) is 0 Å². The highest BCUT2D eigenvalue weighted by molar-refractivity contribution is 7.09. The van der Waals surface area contributed by atoms with Crippen molar-refractivity contribution >= 4 is 36.2 Å². The third-order valence-corrected chi connectivity index (χ3v) is 6.72. The fraction of sp³-hybridized carbons (Fsp3) is 0.824. The maximum Gasteiger partial charge on any atom is 0.107 e. The molecule has 0 radical (unpaired) electrons. The van der Waals surface area contributed by atoms with Gasteiger partial charge >= 0.3 is 0 Å². The third-order valence-electron chi connectivity index (χ3n) is 5.96. The topological polar surface area (TPSA) is 40.2 Å². The molecule has 2 aliphatic heterocycles. The van der Waals surface area contributed by atoms with Crippen molar-refractivity contribution in [3.63, 3.8) is 0 Å². The number of rotatable bonds is 5. The molecule has 1 spiro atoms. The van der Waals surface area contributed by atoms with E-state index in [1.54, 1.807) is 0 Å². The fourth-order valence-electron chi connectivity index (χ4n) is 4.51. The van der Waals surface area contributed by atoms with Gasteiger partial charge < -0.3 is 10.6 Å². The standard InChI is InChI=1S/C17H28N4S.2ClH/c1-5-18-6-2-14(1)12-21(13-16-20-9-10-22-16)15-11-17(15)3-7-19-8-4-17;;/h9-10,14-15,18-19H,1-8,11-13H2;2*1H. The number of nitrogens with zero attached hydrogens (tertiary/aromatic N) is 2. The molecule has 1 aromatic heterocycles. The average molecular weight is 393 g/mol. The first kappa shape index (κ1) is 20.4. The zero-order valence-electron chi connectivity index (χ0n) is 14.2. The highest BCUT2D eigenvalue weighted by atomic mass is 35.5. The van der Waals surface area contributed by atoms with Crippen LogP contribution in [0.25, 0.3) is 0 Å². The molecule has 138 valence electrons. The molecule has 2 N–H and O–H groups in total. The maximum absolute atomic E-state index is 4.55. The summed E-state index contributed by atoms with van der Waals surface area (Å²) in [6, 6.07) is 0.813. The first-order valence-electron chi connectivity index (χ1n) is 8.90. The summed E-state index contributed by atoms with van der Waals surface area (Å²) >= 11 is 1.82. The van der Waals surface area contributed by atoms with E-state index in [0.29, 0.717) is 5.41 Å². The van der Waals surface area contributed by atoms with E-state index in [-0.39, 0.29) is 24.8 Å². The van der Waals surface area contributed by atoms with Crippen molar-refractivity contribution in [1.82, 2.24) is 20.5 Å². The molecule has 0 amide bonds. The van der Waals surface area contributed by atoms with E-state index in [2.05, 4.69) is 25.9 Å². The van der Waals surface area contributed by atoms with Crippen molar-refractivity contribution in [2.24, 2.45) is 11.3 Å². The van der Waals surface area contributed by atoms with Gasteiger partial charge in [0.1, 0.15) is 5.01 Å². The first-order valence-corrected chi connectivity index (χ1v) is 9.78. The lowest BCUT2D eigenvalue weighted by molar-refractivity contribution is 0.155. The highest BCUT2D eigenvalue weighted by Crippen LogP contribution is 2.56. The molecule has 1 unspecified atom stereocenters. The Balaban J connectivity index is 0.00000104. The summed E-state index contributed by atoms with van der Waals surface area (Å²) in [5.41, 5.74) is 0.634. The van der Waals surface area contributed by atoms with E-state index >= 15 is 0 Å². The van der Waals surface area contributed by atoms with Gasteiger partial charge in [-0.1, -0.05) is 0 Å². The van der Waals surface area contributed by atoms with Crippen LogP contribution in [0.1, 0.15) is 37.1 Å².